The van der Waals surface area contributed by atoms with Crippen molar-refractivity contribution in [1.82, 2.24) is 4.90 Å². The summed E-state index contributed by atoms with van der Waals surface area (Å²) in [5.41, 5.74) is 8.34. The van der Waals surface area contributed by atoms with E-state index < -0.39 is 5.41 Å². The van der Waals surface area contributed by atoms with E-state index in [4.69, 9.17) is 9.47 Å². The molecule has 0 radical (unpaired) electrons. The molecule has 1 aliphatic carbocycles. The Labute approximate surface area is 239 Å². The second-order valence-corrected chi connectivity index (χ2v) is 10.6. The van der Waals surface area contributed by atoms with Crippen LogP contribution in [0.25, 0.3) is 16.8 Å². The lowest BCUT2D eigenvalue weighted by Crippen LogP contribution is -2.35. The number of hydrogen-bond acceptors (Lipinski definition) is 5. The molecule has 2 aliphatic heterocycles. The van der Waals surface area contributed by atoms with Crippen molar-refractivity contribution in [3.8, 4) is 34.8 Å². The first-order chi connectivity index (χ1) is 20.2. The Morgan fingerprint density at radius 2 is 1.37 bits per heavy atom. The Bertz CT molecular complexity index is 1810. The highest BCUT2D eigenvalue weighted by Gasteiger charge is 2.54. The minimum Gasteiger partial charge on any atom is -0.493 e. The largest absolute Gasteiger partial charge is 0.493 e. The number of nitrogens with zero attached hydrogens (tertiary/aromatic N) is 3. The molecule has 0 saturated heterocycles. The summed E-state index contributed by atoms with van der Waals surface area (Å²) in [4.78, 5) is 2.04. The van der Waals surface area contributed by atoms with Crippen molar-refractivity contribution in [3.05, 3.63) is 136 Å². The predicted octanol–water partition coefficient (Wildman–Crippen LogP) is 6.97. The topological polar surface area (TPSA) is 69.3 Å². The Balaban J connectivity index is 1.65. The monoisotopic (exact) mass is 533 g/mol. The van der Waals surface area contributed by atoms with E-state index in [1.165, 1.54) is 0 Å². The van der Waals surface area contributed by atoms with Crippen molar-refractivity contribution < 1.29 is 9.47 Å². The molecule has 41 heavy (non-hydrogen) atoms. The molecule has 4 aromatic carbocycles. The van der Waals surface area contributed by atoms with Gasteiger partial charge in [0.05, 0.1) is 31.3 Å². The van der Waals surface area contributed by atoms with Crippen molar-refractivity contribution in [3.63, 3.8) is 0 Å². The van der Waals surface area contributed by atoms with Gasteiger partial charge in [-0.1, -0.05) is 84.9 Å². The summed E-state index contributed by atoms with van der Waals surface area (Å²) < 4.78 is 11.3. The van der Waals surface area contributed by atoms with Crippen molar-refractivity contribution in [2.75, 3.05) is 20.8 Å². The van der Waals surface area contributed by atoms with Crippen LogP contribution < -0.4 is 9.47 Å². The fourth-order valence-corrected chi connectivity index (χ4v) is 7.17. The van der Waals surface area contributed by atoms with Gasteiger partial charge in [0.2, 0.25) is 0 Å². The van der Waals surface area contributed by atoms with Crippen LogP contribution in [-0.2, 0) is 11.8 Å². The summed E-state index contributed by atoms with van der Waals surface area (Å²) in [5, 5.41) is 21.9. The lowest BCUT2D eigenvalue weighted by atomic mass is 9.61. The Kier molecular flexibility index (Phi) is 5.70. The maximum atomic E-state index is 11.0. The van der Waals surface area contributed by atoms with Crippen LogP contribution in [-0.4, -0.2) is 25.7 Å². The van der Waals surface area contributed by atoms with Gasteiger partial charge in [0.1, 0.15) is 11.8 Å². The third-order valence-electron chi connectivity index (χ3n) is 8.84. The van der Waals surface area contributed by atoms with Gasteiger partial charge in [0.25, 0.3) is 0 Å². The van der Waals surface area contributed by atoms with E-state index in [1.54, 1.807) is 14.2 Å². The minimum absolute atomic E-state index is 0.273. The number of allylic oxidation sites excluding steroid dienone is 3. The summed E-state index contributed by atoms with van der Waals surface area (Å²) >= 11 is 0. The maximum absolute atomic E-state index is 11.0. The van der Waals surface area contributed by atoms with Crippen molar-refractivity contribution in [1.29, 1.82) is 10.5 Å². The maximum Gasteiger partial charge on any atom is 0.161 e. The summed E-state index contributed by atoms with van der Waals surface area (Å²) in [5.74, 6) is 1.03. The first-order valence-electron chi connectivity index (χ1n) is 13.7. The summed E-state index contributed by atoms with van der Waals surface area (Å²) in [6, 6.07) is 36.1. The Morgan fingerprint density at radius 1 is 0.756 bits per heavy atom. The van der Waals surface area contributed by atoms with Crippen LogP contribution in [0.1, 0.15) is 33.7 Å². The molecule has 0 fully saturated rings. The number of methoxy groups -OCH3 is 2. The average Bonchev–Trinajstić information content (AvgIpc) is 3.24. The van der Waals surface area contributed by atoms with Gasteiger partial charge in [0, 0.05) is 23.7 Å². The van der Waals surface area contributed by atoms with Gasteiger partial charge in [-0.3, -0.25) is 0 Å². The fraction of sp³-hybridized carbons (Fsp3) is 0.167. The average molecular weight is 534 g/mol. The molecular weight excluding hydrogens is 506 g/mol. The van der Waals surface area contributed by atoms with Crippen LogP contribution in [0.2, 0.25) is 0 Å². The molecule has 5 nitrogen and oxygen atoms in total. The van der Waals surface area contributed by atoms with E-state index in [0.717, 1.165) is 44.6 Å². The quantitative estimate of drug-likeness (QED) is 0.285. The standard InChI is InChI=1S/C36H27N3O2/c1-40-34-18-24-16-17-39-32(27(24)19-35(34)41-2)20-30(23-10-4-3-5-11-23)36(31(21-37)33(39)22-38)28-14-8-6-12-25(28)26-13-7-9-15-29(26)36/h3-15,18-20,30H,16-17H2,1-2H3. The predicted molar refractivity (Wildman–Crippen MR) is 158 cm³/mol. The molecule has 198 valence electrons. The molecule has 5 heteroatoms. The van der Waals surface area contributed by atoms with Gasteiger partial charge in [-0.15, -0.1) is 0 Å². The lowest BCUT2D eigenvalue weighted by molar-refractivity contribution is 0.353. The summed E-state index contributed by atoms with van der Waals surface area (Å²) in [6.45, 7) is 0.573. The molecule has 1 spiro atoms. The van der Waals surface area contributed by atoms with Crippen LogP contribution in [0.15, 0.2) is 108 Å². The van der Waals surface area contributed by atoms with Gasteiger partial charge in [0.15, 0.2) is 11.5 Å². The molecule has 3 aliphatic rings. The van der Waals surface area contributed by atoms with Crippen LogP contribution in [0.3, 0.4) is 0 Å². The lowest BCUT2D eigenvalue weighted by Gasteiger charge is -2.38. The van der Waals surface area contributed by atoms with E-state index in [-0.39, 0.29) is 5.92 Å². The van der Waals surface area contributed by atoms with E-state index >= 15 is 0 Å². The third-order valence-corrected chi connectivity index (χ3v) is 8.84. The minimum atomic E-state index is -0.893. The smallest absolute Gasteiger partial charge is 0.161 e. The highest BCUT2D eigenvalue weighted by atomic mass is 16.5. The second kappa shape index (κ2) is 9.44. The van der Waals surface area contributed by atoms with Crippen molar-refractivity contribution in [2.24, 2.45) is 0 Å². The number of fused-ring (bicyclic) bond motifs is 8. The van der Waals surface area contributed by atoms with E-state index in [1.807, 2.05) is 59.5 Å². The second-order valence-electron chi connectivity index (χ2n) is 10.6. The number of nitriles is 2. The number of ether oxygens (including phenoxy) is 2. The fourth-order valence-electron chi connectivity index (χ4n) is 7.17. The van der Waals surface area contributed by atoms with Crippen molar-refractivity contribution >= 4 is 5.70 Å². The number of benzene rings is 4. The zero-order valence-electron chi connectivity index (χ0n) is 22.9. The molecule has 1 unspecified atom stereocenters. The first kappa shape index (κ1) is 24.8. The van der Waals surface area contributed by atoms with Gasteiger partial charge in [-0.2, -0.15) is 10.5 Å². The molecule has 0 amide bonds. The van der Waals surface area contributed by atoms with Gasteiger partial charge in [-0.25, -0.2) is 0 Å². The normalized spacial score (nSPS) is 17.7. The number of hydrogen-bond donors (Lipinski definition) is 0. The molecule has 7 rings (SSSR count). The van der Waals surface area contributed by atoms with Crippen molar-refractivity contribution in [2.45, 2.75) is 17.8 Å². The molecule has 0 bridgehead atoms. The number of rotatable bonds is 3. The van der Waals surface area contributed by atoms with E-state index in [0.29, 0.717) is 35.7 Å². The molecule has 4 aromatic rings. The van der Waals surface area contributed by atoms with Crippen LogP contribution in [0, 0.1) is 22.7 Å². The van der Waals surface area contributed by atoms with Crippen LogP contribution in [0.4, 0.5) is 0 Å². The Hall–Kier alpha value is -5.26. The summed E-state index contributed by atoms with van der Waals surface area (Å²) in [7, 11) is 3.28. The third kappa shape index (κ3) is 3.33. The highest BCUT2D eigenvalue weighted by molar-refractivity contribution is 5.88. The van der Waals surface area contributed by atoms with Gasteiger partial charge in [-0.05, 0) is 51.9 Å². The molecule has 1 atom stereocenters. The SMILES string of the molecule is COc1cc2c(cc1OC)C1=CC(c3ccccc3)C3(C(C#N)=C(C#N)N1CC2)c1ccccc1-c1ccccc13. The van der Waals surface area contributed by atoms with Crippen LogP contribution in [0.5, 0.6) is 11.5 Å². The summed E-state index contributed by atoms with van der Waals surface area (Å²) in [6.07, 6.45) is 2.98. The molecular formula is C36H27N3O2. The molecule has 0 N–H and O–H groups in total. The van der Waals surface area contributed by atoms with E-state index in [9.17, 15) is 10.5 Å². The van der Waals surface area contributed by atoms with E-state index in [2.05, 4.69) is 54.6 Å². The first-order valence-corrected chi connectivity index (χ1v) is 13.7. The highest BCUT2D eigenvalue weighted by Crippen LogP contribution is 2.62. The van der Waals surface area contributed by atoms with Crippen LogP contribution >= 0.6 is 0 Å². The molecule has 2 heterocycles. The molecule has 0 aromatic heterocycles. The zero-order valence-corrected chi connectivity index (χ0v) is 22.9. The van der Waals surface area contributed by atoms with Gasteiger partial charge < -0.3 is 14.4 Å². The Morgan fingerprint density at radius 3 is 1.98 bits per heavy atom. The molecule has 0 saturated carbocycles. The zero-order chi connectivity index (χ0) is 28.1. The van der Waals surface area contributed by atoms with Gasteiger partial charge >= 0.3 is 0 Å².